The zero-order valence-electron chi connectivity index (χ0n) is 7.92. The molecule has 1 aliphatic heterocycles. The molecule has 1 N–H and O–H groups in total. The molecule has 1 nitrogen and oxygen atoms in total. The maximum Gasteiger partial charge on any atom is 0.0331 e. The van der Waals surface area contributed by atoms with E-state index in [1.54, 1.807) is 0 Å². The molecule has 1 aliphatic rings. The Bertz CT molecular complexity index is 279. The van der Waals surface area contributed by atoms with Crippen LogP contribution in [0.3, 0.4) is 0 Å². The highest BCUT2D eigenvalue weighted by Crippen LogP contribution is 2.30. The number of thioether (sulfide) groups is 1. The van der Waals surface area contributed by atoms with E-state index in [0.29, 0.717) is 6.04 Å². The summed E-state index contributed by atoms with van der Waals surface area (Å²) >= 11 is 1.84. The van der Waals surface area contributed by atoms with Gasteiger partial charge in [0.2, 0.25) is 0 Å². The molecule has 70 valence electrons. The smallest absolute Gasteiger partial charge is 0.0331 e. The first kappa shape index (κ1) is 9.10. The first-order valence-electron chi connectivity index (χ1n) is 4.78. The predicted molar refractivity (Wildman–Crippen MR) is 58.2 cm³/mol. The van der Waals surface area contributed by atoms with E-state index in [4.69, 9.17) is 0 Å². The molecule has 0 amide bonds. The number of hydrogen-bond donors (Lipinski definition) is 1. The van der Waals surface area contributed by atoms with Gasteiger partial charge in [0.25, 0.3) is 0 Å². The van der Waals surface area contributed by atoms with Crippen molar-refractivity contribution >= 4 is 11.8 Å². The van der Waals surface area contributed by atoms with Crippen LogP contribution in [0, 0.1) is 0 Å². The van der Waals surface area contributed by atoms with Crippen molar-refractivity contribution in [3.05, 3.63) is 29.8 Å². The van der Waals surface area contributed by atoms with Crippen LogP contribution in [0.2, 0.25) is 0 Å². The summed E-state index contributed by atoms with van der Waals surface area (Å²) in [6.07, 6.45) is 4.75. The van der Waals surface area contributed by atoms with Crippen LogP contribution in [0.25, 0.3) is 0 Å². The first-order chi connectivity index (χ1) is 6.42. The second-order valence-electron chi connectivity index (χ2n) is 3.39. The average molecular weight is 193 g/mol. The van der Waals surface area contributed by atoms with Gasteiger partial charge in [0.1, 0.15) is 0 Å². The fraction of sp³-hybridized carbons (Fsp3) is 0.455. The highest BCUT2D eigenvalue weighted by Gasteiger charge is 2.17. The van der Waals surface area contributed by atoms with Crippen LogP contribution in [0.5, 0.6) is 0 Å². The van der Waals surface area contributed by atoms with Crippen LogP contribution >= 0.6 is 11.8 Å². The third-order valence-corrected chi connectivity index (χ3v) is 3.39. The van der Waals surface area contributed by atoms with Gasteiger partial charge in [-0.1, -0.05) is 18.2 Å². The largest absolute Gasteiger partial charge is 0.310 e. The predicted octanol–water partition coefficient (Wildman–Crippen LogP) is 2.83. The molecule has 0 saturated carbocycles. The molecule has 1 saturated heterocycles. The van der Waals surface area contributed by atoms with E-state index in [1.807, 2.05) is 11.8 Å². The maximum absolute atomic E-state index is 3.53. The van der Waals surface area contributed by atoms with Crippen molar-refractivity contribution in [2.75, 3.05) is 12.8 Å². The van der Waals surface area contributed by atoms with Crippen molar-refractivity contribution in [3.63, 3.8) is 0 Å². The van der Waals surface area contributed by atoms with Crippen LogP contribution in [0.4, 0.5) is 0 Å². The Kier molecular flexibility index (Phi) is 2.91. The molecule has 1 heterocycles. The number of nitrogens with one attached hydrogen (secondary N) is 1. The minimum Gasteiger partial charge on any atom is -0.310 e. The van der Waals surface area contributed by atoms with Crippen molar-refractivity contribution < 1.29 is 0 Å². The van der Waals surface area contributed by atoms with E-state index in [9.17, 15) is 0 Å². The molecule has 2 rings (SSSR count). The molecule has 0 aromatic heterocycles. The quantitative estimate of drug-likeness (QED) is 0.725. The molecule has 1 aromatic carbocycles. The summed E-state index contributed by atoms with van der Waals surface area (Å²) < 4.78 is 0. The fourth-order valence-corrected chi connectivity index (χ4v) is 2.56. The second-order valence-corrected chi connectivity index (χ2v) is 4.24. The van der Waals surface area contributed by atoms with Crippen molar-refractivity contribution in [1.29, 1.82) is 0 Å². The van der Waals surface area contributed by atoms with E-state index in [1.165, 1.54) is 29.8 Å². The zero-order chi connectivity index (χ0) is 9.10. The van der Waals surface area contributed by atoms with Gasteiger partial charge >= 0.3 is 0 Å². The van der Waals surface area contributed by atoms with Gasteiger partial charge in [-0.05, 0) is 37.3 Å². The number of rotatable bonds is 2. The molecule has 0 spiro atoms. The van der Waals surface area contributed by atoms with E-state index >= 15 is 0 Å². The van der Waals surface area contributed by atoms with E-state index in [0.717, 1.165) is 0 Å². The van der Waals surface area contributed by atoms with Gasteiger partial charge in [-0.15, -0.1) is 11.8 Å². The van der Waals surface area contributed by atoms with Gasteiger partial charge in [-0.2, -0.15) is 0 Å². The van der Waals surface area contributed by atoms with Crippen LogP contribution < -0.4 is 5.32 Å². The molecule has 2 heteroatoms. The lowest BCUT2D eigenvalue weighted by atomic mass is 10.1. The Balaban J connectivity index is 2.26. The van der Waals surface area contributed by atoms with E-state index < -0.39 is 0 Å². The lowest BCUT2D eigenvalue weighted by Crippen LogP contribution is -2.13. The molecule has 1 aromatic rings. The Morgan fingerprint density at radius 3 is 2.92 bits per heavy atom. The van der Waals surface area contributed by atoms with Crippen LogP contribution in [-0.4, -0.2) is 12.8 Å². The fourth-order valence-electron chi connectivity index (χ4n) is 1.90. The van der Waals surface area contributed by atoms with Gasteiger partial charge in [0.05, 0.1) is 0 Å². The molecule has 0 aliphatic carbocycles. The molecule has 1 atom stereocenters. The Labute approximate surface area is 83.9 Å². The number of benzene rings is 1. The first-order valence-corrected chi connectivity index (χ1v) is 6.00. The zero-order valence-corrected chi connectivity index (χ0v) is 8.73. The average Bonchev–Trinajstić information content (AvgIpc) is 2.70. The molecule has 0 bridgehead atoms. The third kappa shape index (κ3) is 1.89. The lowest BCUT2D eigenvalue weighted by Gasteiger charge is -2.13. The van der Waals surface area contributed by atoms with Gasteiger partial charge in [-0.3, -0.25) is 0 Å². The Morgan fingerprint density at radius 1 is 1.38 bits per heavy atom. The molecule has 13 heavy (non-hydrogen) atoms. The second kappa shape index (κ2) is 4.16. The van der Waals surface area contributed by atoms with Gasteiger partial charge < -0.3 is 5.32 Å². The summed E-state index contributed by atoms with van der Waals surface area (Å²) in [5.74, 6) is 0. The Hall–Kier alpha value is -0.470. The van der Waals surface area contributed by atoms with Crippen molar-refractivity contribution in [3.8, 4) is 0 Å². The third-order valence-electron chi connectivity index (χ3n) is 2.57. The summed E-state index contributed by atoms with van der Waals surface area (Å²) in [5.41, 5.74) is 1.48. The van der Waals surface area contributed by atoms with Crippen LogP contribution in [0.15, 0.2) is 29.2 Å². The van der Waals surface area contributed by atoms with Gasteiger partial charge in [-0.25, -0.2) is 0 Å². The van der Waals surface area contributed by atoms with Gasteiger partial charge in [0, 0.05) is 10.9 Å². The molecule has 0 radical (unpaired) electrons. The molecule has 1 fully saturated rings. The highest BCUT2D eigenvalue weighted by molar-refractivity contribution is 7.98. The Morgan fingerprint density at radius 2 is 2.23 bits per heavy atom. The monoisotopic (exact) mass is 193 g/mol. The van der Waals surface area contributed by atoms with Crippen molar-refractivity contribution in [2.24, 2.45) is 0 Å². The lowest BCUT2D eigenvalue weighted by molar-refractivity contribution is 0.636. The molecular formula is C11H15NS. The topological polar surface area (TPSA) is 12.0 Å². The van der Waals surface area contributed by atoms with Crippen LogP contribution in [0.1, 0.15) is 24.4 Å². The normalized spacial score (nSPS) is 22.1. The molecule has 0 unspecified atom stereocenters. The van der Waals surface area contributed by atoms with Crippen molar-refractivity contribution in [1.82, 2.24) is 5.32 Å². The van der Waals surface area contributed by atoms with E-state index in [-0.39, 0.29) is 0 Å². The molecular weight excluding hydrogens is 178 g/mol. The maximum atomic E-state index is 3.53. The summed E-state index contributed by atoms with van der Waals surface area (Å²) in [4.78, 5) is 1.42. The summed E-state index contributed by atoms with van der Waals surface area (Å²) in [6.45, 7) is 1.17. The highest BCUT2D eigenvalue weighted by atomic mass is 32.2. The summed E-state index contributed by atoms with van der Waals surface area (Å²) in [7, 11) is 0. The number of hydrogen-bond acceptors (Lipinski definition) is 2. The summed E-state index contributed by atoms with van der Waals surface area (Å²) in [6, 6.07) is 9.30. The minimum atomic E-state index is 0.601. The van der Waals surface area contributed by atoms with Crippen molar-refractivity contribution in [2.45, 2.75) is 23.8 Å². The van der Waals surface area contributed by atoms with Crippen LogP contribution in [-0.2, 0) is 0 Å². The summed E-state index contributed by atoms with van der Waals surface area (Å²) in [5, 5.41) is 3.53. The SMILES string of the molecule is CSc1ccccc1[C@H]1CCCN1. The standard InChI is InChI=1S/C11H15NS/c1-13-11-7-3-2-5-9(11)10-6-4-8-12-10/h2-3,5,7,10,12H,4,6,8H2,1H3/t10-/m1/s1. The van der Waals surface area contributed by atoms with Gasteiger partial charge in [0.15, 0.2) is 0 Å². The minimum absolute atomic E-state index is 0.601. The van der Waals surface area contributed by atoms with E-state index in [2.05, 4.69) is 35.8 Å².